The lowest BCUT2D eigenvalue weighted by Gasteiger charge is -2.36. The van der Waals surface area contributed by atoms with Crippen molar-refractivity contribution >= 4 is 33.5 Å². The molecule has 0 saturated carbocycles. The summed E-state index contributed by atoms with van der Waals surface area (Å²) in [6.45, 7) is 12.2. The highest BCUT2D eigenvalue weighted by Crippen LogP contribution is 2.37. The van der Waals surface area contributed by atoms with Gasteiger partial charge >= 0.3 is 14.2 Å². The van der Waals surface area contributed by atoms with Gasteiger partial charge in [0.25, 0.3) is 0 Å². The first kappa shape index (κ1) is 36.9. The monoisotopic (exact) mass is 682 g/mol. The quantitative estimate of drug-likeness (QED) is 0.108. The van der Waals surface area contributed by atoms with Crippen LogP contribution < -0.4 is 20.4 Å². The third-order valence-corrected chi connectivity index (χ3v) is 13.9. The van der Waals surface area contributed by atoms with Gasteiger partial charge in [-0.1, -0.05) is 69.3 Å². The van der Waals surface area contributed by atoms with Crippen molar-refractivity contribution in [2.45, 2.75) is 76.8 Å². The second kappa shape index (κ2) is 16.5. The number of hydrogen-bond donors (Lipinski definition) is 3. The Labute approximate surface area is 292 Å². The van der Waals surface area contributed by atoms with Crippen LogP contribution in [0.25, 0.3) is 0 Å². The van der Waals surface area contributed by atoms with Crippen molar-refractivity contribution in [3.05, 3.63) is 108 Å². The molecular formula is C38H48B2O8Si. The summed E-state index contributed by atoms with van der Waals surface area (Å²) in [6, 6.07) is 30.6. The molecule has 2 unspecified atom stereocenters. The molecule has 49 heavy (non-hydrogen) atoms. The molecule has 4 aromatic carbocycles. The Morgan fingerprint density at radius 2 is 1.10 bits per heavy atom. The van der Waals surface area contributed by atoms with Crippen molar-refractivity contribution in [2.24, 2.45) is 0 Å². The van der Waals surface area contributed by atoms with E-state index < -0.39 is 22.6 Å². The number of aliphatic hydroxyl groups is 1. The van der Waals surface area contributed by atoms with E-state index >= 15 is 0 Å². The zero-order valence-corrected chi connectivity index (χ0v) is 30.2. The predicted octanol–water partition coefficient (Wildman–Crippen LogP) is 7.05. The van der Waals surface area contributed by atoms with Gasteiger partial charge in [0.15, 0.2) is 8.32 Å². The molecule has 0 bridgehead atoms. The van der Waals surface area contributed by atoms with E-state index in [-0.39, 0.29) is 23.9 Å². The average molecular weight is 683 g/mol. The average Bonchev–Trinajstić information content (AvgIpc) is 3.57. The predicted molar refractivity (Wildman–Crippen MR) is 197 cm³/mol. The van der Waals surface area contributed by atoms with Crippen LogP contribution in [0.15, 0.2) is 97.1 Å². The van der Waals surface area contributed by atoms with Crippen molar-refractivity contribution in [3.63, 3.8) is 0 Å². The summed E-state index contributed by atoms with van der Waals surface area (Å²) in [7, 11) is -3.55. The summed E-state index contributed by atoms with van der Waals surface area (Å²) < 4.78 is 29.2. The van der Waals surface area contributed by atoms with E-state index in [1.807, 2.05) is 97.1 Å². The SMILES string of the molecule is CC(C)(C)[Si](C)(C)OCCCC1OB(O)c2cc(Oc3ccccc3)ccc21.OCCCC1OB(O)c2cc(Oc3ccccc3)ccc21. The van der Waals surface area contributed by atoms with Gasteiger partial charge in [0.1, 0.15) is 23.0 Å². The van der Waals surface area contributed by atoms with Crippen LogP contribution in [-0.2, 0) is 13.7 Å². The maximum atomic E-state index is 10.3. The normalized spacial score (nSPS) is 16.9. The number of hydrogen-bond acceptors (Lipinski definition) is 8. The van der Waals surface area contributed by atoms with Gasteiger partial charge in [0.05, 0.1) is 12.2 Å². The Bertz CT molecular complexity index is 1630. The van der Waals surface area contributed by atoms with E-state index in [4.69, 9.17) is 28.3 Å². The van der Waals surface area contributed by atoms with Crippen LogP contribution in [0.1, 0.15) is 69.8 Å². The lowest BCUT2D eigenvalue weighted by atomic mass is 9.79. The van der Waals surface area contributed by atoms with Crippen LogP contribution in [0.5, 0.6) is 23.0 Å². The van der Waals surface area contributed by atoms with E-state index in [1.54, 1.807) is 0 Å². The minimum atomic E-state index is -1.72. The minimum Gasteiger partial charge on any atom is -0.457 e. The zero-order valence-electron chi connectivity index (χ0n) is 29.2. The summed E-state index contributed by atoms with van der Waals surface area (Å²) in [5, 5.41) is 29.5. The molecule has 2 aliphatic rings. The highest BCUT2D eigenvalue weighted by Gasteiger charge is 2.38. The largest absolute Gasteiger partial charge is 0.492 e. The van der Waals surface area contributed by atoms with E-state index in [0.717, 1.165) is 53.0 Å². The van der Waals surface area contributed by atoms with Gasteiger partial charge in [-0.05, 0) is 114 Å². The lowest BCUT2D eigenvalue weighted by molar-refractivity contribution is 0.165. The second-order valence-corrected chi connectivity index (χ2v) is 18.8. The number of fused-ring (bicyclic) bond motifs is 2. The molecule has 8 nitrogen and oxygen atoms in total. The van der Waals surface area contributed by atoms with Crippen LogP contribution in [0, 0.1) is 0 Å². The molecule has 0 spiro atoms. The second-order valence-electron chi connectivity index (χ2n) is 14.0. The van der Waals surface area contributed by atoms with Crippen LogP contribution in [0.2, 0.25) is 18.1 Å². The molecule has 0 amide bonds. The van der Waals surface area contributed by atoms with Crippen molar-refractivity contribution in [1.29, 1.82) is 0 Å². The molecule has 3 N–H and O–H groups in total. The number of aliphatic hydroxyl groups excluding tert-OH is 1. The molecule has 6 rings (SSSR count). The molecule has 2 heterocycles. The van der Waals surface area contributed by atoms with E-state index in [9.17, 15) is 10.0 Å². The highest BCUT2D eigenvalue weighted by molar-refractivity contribution is 6.74. The fourth-order valence-corrected chi connectivity index (χ4v) is 6.72. The summed E-state index contributed by atoms with van der Waals surface area (Å²) >= 11 is 0. The van der Waals surface area contributed by atoms with Crippen molar-refractivity contribution in [1.82, 2.24) is 0 Å². The first-order valence-corrected chi connectivity index (χ1v) is 20.0. The van der Waals surface area contributed by atoms with Gasteiger partial charge in [-0.3, -0.25) is 0 Å². The molecule has 2 aliphatic heterocycles. The van der Waals surface area contributed by atoms with Crippen molar-refractivity contribution in [2.75, 3.05) is 13.2 Å². The van der Waals surface area contributed by atoms with Crippen LogP contribution in [-0.4, -0.2) is 50.9 Å². The molecule has 0 aromatic heterocycles. The fourth-order valence-electron chi connectivity index (χ4n) is 5.64. The summed E-state index contributed by atoms with van der Waals surface area (Å²) in [4.78, 5) is 0. The number of para-hydroxylation sites is 2. The number of benzene rings is 4. The van der Waals surface area contributed by atoms with Gasteiger partial charge < -0.3 is 38.4 Å². The van der Waals surface area contributed by atoms with E-state index in [1.165, 1.54) is 0 Å². The molecule has 0 aliphatic carbocycles. The Hall–Kier alpha value is -3.41. The number of rotatable bonds is 12. The Kier molecular flexibility index (Phi) is 12.4. The van der Waals surface area contributed by atoms with Gasteiger partial charge in [0, 0.05) is 13.2 Å². The molecule has 0 fully saturated rings. The zero-order chi connectivity index (χ0) is 35.0. The van der Waals surface area contributed by atoms with Crippen LogP contribution >= 0.6 is 0 Å². The minimum absolute atomic E-state index is 0.0983. The smallest absolute Gasteiger partial charge is 0.457 e. The van der Waals surface area contributed by atoms with Gasteiger partial charge in [-0.25, -0.2) is 0 Å². The maximum absolute atomic E-state index is 10.3. The van der Waals surface area contributed by atoms with E-state index in [2.05, 4.69) is 33.9 Å². The first-order chi connectivity index (χ1) is 23.4. The molecule has 258 valence electrons. The van der Waals surface area contributed by atoms with Crippen LogP contribution in [0.4, 0.5) is 0 Å². The molecule has 0 saturated heterocycles. The van der Waals surface area contributed by atoms with Gasteiger partial charge in [-0.15, -0.1) is 0 Å². The topological polar surface area (TPSA) is 107 Å². The Morgan fingerprint density at radius 1 is 0.653 bits per heavy atom. The van der Waals surface area contributed by atoms with Crippen molar-refractivity contribution in [3.8, 4) is 23.0 Å². The summed E-state index contributed by atoms with van der Waals surface area (Å²) in [5.41, 5.74) is 3.55. The first-order valence-electron chi connectivity index (χ1n) is 17.1. The molecule has 4 aromatic rings. The fraction of sp³-hybridized carbons (Fsp3) is 0.368. The maximum Gasteiger partial charge on any atom is 0.492 e. The summed E-state index contributed by atoms with van der Waals surface area (Å²) in [6.07, 6.45) is 2.83. The third kappa shape index (κ3) is 9.64. The van der Waals surface area contributed by atoms with Crippen molar-refractivity contribution < 1.29 is 38.4 Å². The Balaban J connectivity index is 0.000000199. The molecule has 2 atom stereocenters. The highest BCUT2D eigenvalue weighted by atomic mass is 28.4. The molecular weight excluding hydrogens is 634 g/mol. The van der Waals surface area contributed by atoms with Gasteiger partial charge in [-0.2, -0.15) is 0 Å². The molecule has 11 heteroatoms. The summed E-state index contributed by atoms with van der Waals surface area (Å²) in [5.74, 6) is 2.90. The lowest BCUT2D eigenvalue weighted by Crippen LogP contribution is -2.41. The van der Waals surface area contributed by atoms with E-state index in [0.29, 0.717) is 24.3 Å². The third-order valence-electron chi connectivity index (χ3n) is 9.39. The van der Waals surface area contributed by atoms with Gasteiger partial charge in [0.2, 0.25) is 0 Å². The molecule has 0 radical (unpaired) electrons. The Morgan fingerprint density at radius 3 is 1.53 bits per heavy atom. The number of ether oxygens (including phenoxy) is 2. The standard InChI is InChI=1S/C22H31BO4Si.C16H17BO4/c1-22(2,3)28(4,5)25-15-9-12-21-19-14-13-18(16-20(19)23(24)27-21)26-17-10-7-6-8-11-17;18-10-4-7-16-14-9-8-13(11-15(14)17(19)21-16)20-12-5-2-1-3-6-12/h6-8,10-11,13-14,16,21,24H,9,12,15H2,1-5H3;1-3,5-6,8-9,11,16,18-19H,4,7,10H2. The van der Waals surface area contributed by atoms with Crippen LogP contribution in [0.3, 0.4) is 0 Å².